The fraction of sp³-hybridized carbons (Fsp3) is 0.333. The first-order valence-electron chi connectivity index (χ1n) is 13.0. The lowest BCUT2D eigenvalue weighted by Crippen LogP contribution is -2.31. The van der Waals surface area contributed by atoms with Crippen LogP contribution in [0.15, 0.2) is 82.6 Å². The molecule has 37 heavy (non-hydrogen) atoms. The number of anilines is 2. The van der Waals surface area contributed by atoms with Gasteiger partial charge in [-0.05, 0) is 74.0 Å². The fourth-order valence-corrected chi connectivity index (χ4v) is 5.93. The molecule has 1 aliphatic carbocycles. The predicted molar refractivity (Wildman–Crippen MR) is 152 cm³/mol. The largest absolute Gasteiger partial charge is 0.362 e. The number of benzene rings is 3. The van der Waals surface area contributed by atoms with Crippen LogP contribution in [0.4, 0.5) is 16.2 Å². The van der Waals surface area contributed by atoms with E-state index >= 15 is 0 Å². The number of halogens is 1. The van der Waals surface area contributed by atoms with Crippen molar-refractivity contribution in [1.82, 2.24) is 15.3 Å². The molecule has 192 valence electrons. The Kier molecular flexibility index (Phi) is 8.21. The topological polar surface area (TPSA) is 53.1 Å². The summed E-state index contributed by atoms with van der Waals surface area (Å²) < 4.78 is 14.1. The van der Waals surface area contributed by atoms with Crippen LogP contribution in [0.2, 0.25) is 0 Å². The Balaban J connectivity index is 1.12. The zero-order valence-electron chi connectivity index (χ0n) is 21.5. The average molecular weight is 516 g/mol. The second-order valence-electron chi connectivity index (χ2n) is 9.92. The average Bonchev–Trinajstić information content (AvgIpc) is 2.91. The van der Waals surface area contributed by atoms with Gasteiger partial charge in [0, 0.05) is 41.9 Å². The van der Waals surface area contributed by atoms with Gasteiger partial charge in [0.15, 0.2) is 0 Å². The van der Waals surface area contributed by atoms with Crippen molar-refractivity contribution in [3.8, 4) is 0 Å². The molecule has 7 heteroatoms. The molecule has 0 bridgehead atoms. The van der Waals surface area contributed by atoms with Gasteiger partial charge >= 0.3 is 0 Å². The van der Waals surface area contributed by atoms with Gasteiger partial charge in [0.1, 0.15) is 11.6 Å². The van der Waals surface area contributed by atoms with Crippen LogP contribution < -0.4 is 15.5 Å². The van der Waals surface area contributed by atoms with Crippen molar-refractivity contribution < 1.29 is 4.39 Å². The van der Waals surface area contributed by atoms with Gasteiger partial charge in [0.2, 0.25) is 5.95 Å². The lowest BCUT2D eigenvalue weighted by Gasteiger charge is -2.29. The van der Waals surface area contributed by atoms with Crippen LogP contribution in [0.5, 0.6) is 0 Å². The standard InChI is InChI=1S/C30H34FN5S/c1-36(2)29-24-10-4-6-12-26(24)34-30(35-29)33-23-17-15-21(16-18-23)19-32-20-22-9-3-7-13-27(22)37-28-14-8-5-11-25(28)31/h3-14,21,23,32H,15-20H2,1-2H3,(H,33,34,35)/t21-,23+. The second kappa shape index (κ2) is 11.9. The van der Waals surface area contributed by atoms with E-state index in [0.717, 1.165) is 47.5 Å². The van der Waals surface area contributed by atoms with Crippen LogP contribution in [0.25, 0.3) is 10.9 Å². The third kappa shape index (κ3) is 6.40. The molecule has 0 saturated heterocycles. The van der Waals surface area contributed by atoms with Crippen LogP contribution in [0.1, 0.15) is 31.2 Å². The number of nitrogens with one attached hydrogen (secondary N) is 2. The summed E-state index contributed by atoms with van der Waals surface area (Å²) >= 11 is 1.49. The van der Waals surface area contributed by atoms with Gasteiger partial charge in [-0.3, -0.25) is 0 Å². The number of hydrogen-bond acceptors (Lipinski definition) is 6. The molecule has 4 aromatic rings. The summed E-state index contributed by atoms with van der Waals surface area (Å²) in [5.74, 6) is 2.14. The minimum absolute atomic E-state index is 0.173. The van der Waals surface area contributed by atoms with Crippen molar-refractivity contribution in [3.05, 3.63) is 84.2 Å². The Morgan fingerprint density at radius 1 is 0.865 bits per heavy atom. The van der Waals surface area contributed by atoms with Gasteiger partial charge in [-0.15, -0.1) is 0 Å². The highest BCUT2D eigenvalue weighted by Gasteiger charge is 2.22. The summed E-state index contributed by atoms with van der Waals surface area (Å²) in [4.78, 5) is 13.4. The molecular formula is C30H34FN5S. The van der Waals surface area contributed by atoms with Gasteiger partial charge in [0.05, 0.1) is 5.52 Å². The number of para-hydroxylation sites is 1. The van der Waals surface area contributed by atoms with Crippen molar-refractivity contribution in [3.63, 3.8) is 0 Å². The Morgan fingerprint density at radius 2 is 1.57 bits per heavy atom. The summed E-state index contributed by atoms with van der Waals surface area (Å²) in [5, 5.41) is 8.33. The highest BCUT2D eigenvalue weighted by molar-refractivity contribution is 7.99. The maximum absolute atomic E-state index is 14.1. The molecule has 0 spiro atoms. The van der Waals surface area contributed by atoms with Gasteiger partial charge in [-0.1, -0.05) is 54.2 Å². The lowest BCUT2D eigenvalue weighted by atomic mass is 9.86. The summed E-state index contributed by atoms with van der Waals surface area (Å²) in [6, 6.07) is 23.8. The summed E-state index contributed by atoms with van der Waals surface area (Å²) in [6.45, 7) is 1.77. The lowest BCUT2D eigenvalue weighted by molar-refractivity contribution is 0.323. The Morgan fingerprint density at radius 3 is 2.35 bits per heavy atom. The van der Waals surface area contributed by atoms with Gasteiger partial charge in [-0.25, -0.2) is 9.37 Å². The normalized spacial score (nSPS) is 17.6. The summed E-state index contributed by atoms with van der Waals surface area (Å²) in [7, 11) is 4.04. The first-order valence-corrected chi connectivity index (χ1v) is 13.8. The molecular weight excluding hydrogens is 481 g/mol. The van der Waals surface area contributed by atoms with E-state index in [0.29, 0.717) is 22.8 Å². The molecule has 1 aliphatic rings. The van der Waals surface area contributed by atoms with E-state index in [1.807, 2.05) is 55.4 Å². The molecule has 0 atom stereocenters. The smallest absolute Gasteiger partial charge is 0.225 e. The maximum atomic E-state index is 14.1. The van der Waals surface area contributed by atoms with E-state index in [1.165, 1.54) is 36.2 Å². The first kappa shape index (κ1) is 25.5. The van der Waals surface area contributed by atoms with Crippen molar-refractivity contribution in [2.75, 3.05) is 30.9 Å². The van der Waals surface area contributed by atoms with Gasteiger partial charge in [-0.2, -0.15) is 4.98 Å². The molecule has 0 amide bonds. The monoisotopic (exact) mass is 515 g/mol. The third-order valence-corrected chi connectivity index (χ3v) is 8.13. The molecule has 0 aliphatic heterocycles. The Bertz CT molecular complexity index is 1340. The number of nitrogens with zero attached hydrogens (tertiary/aromatic N) is 3. The van der Waals surface area contributed by atoms with E-state index < -0.39 is 0 Å². The number of rotatable bonds is 9. The second-order valence-corrected chi connectivity index (χ2v) is 11.0. The molecule has 2 N–H and O–H groups in total. The van der Waals surface area contributed by atoms with E-state index in [1.54, 1.807) is 6.07 Å². The molecule has 3 aromatic carbocycles. The molecule has 5 nitrogen and oxygen atoms in total. The van der Waals surface area contributed by atoms with Crippen molar-refractivity contribution in [1.29, 1.82) is 0 Å². The molecule has 5 rings (SSSR count). The van der Waals surface area contributed by atoms with Crippen LogP contribution in [0, 0.1) is 11.7 Å². The zero-order chi connectivity index (χ0) is 25.6. The predicted octanol–water partition coefficient (Wildman–Crippen LogP) is 6.75. The highest BCUT2D eigenvalue weighted by atomic mass is 32.2. The molecule has 1 heterocycles. The summed E-state index contributed by atoms with van der Waals surface area (Å²) in [5.41, 5.74) is 2.17. The number of fused-ring (bicyclic) bond motifs is 1. The Labute approximate surface area is 222 Å². The van der Waals surface area contributed by atoms with Gasteiger partial charge in [0.25, 0.3) is 0 Å². The third-order valence-electron chi connectivity index (χ3n) is 6.96. The van der Waals surface area contributed by atoms with Crippen molar-refractivity contribution in [2.24, 2.45) is 5.92 Å². The molecule has 0 radical (unpaired) electrons. The van der Waals surface area contributed by atoms with Crippen LogP contribution in [-0.4, -0.2) is 36.6 Å². The minimum atomic E-state index is -0.173. The van der Waals surface area contributed by atoms with E-state index in [2.05, 4.69) is 34.9 Å². The van der Waals surface area contributed by atoms with Crippen LogP contribution in [-0.2, 0) is 6.54 Å². The van der Waals surface area contributed by atoms with E-state index in [9.17, 15) is 4.39 Å². The highest BCUT2D eigenvalue weighted by Crippen LogP contribution is 2.32. The molecule has 1 fully saturated rings. The van der Waals surface area contributed by atoms with E-state index in [4.69, 9.17) is 9.97 Å². The van der Waals surface area contributed by atoms with Crippen molar-refractivity contribution in [2.45, 2.75) is 48.1 Å². The van der Waals surface area contributed by atoms with Crippen LogP contribution in [0.3, 0.4) is 0 Å². The van der Waals surface area contributed by atoms with E-state index in [-0.39, 0.29) is 5.82 Å². The van der Waals surface area contributed by atoms with Crippen molar-refractivity contribution >= 4 is 34.4 Å². The molecule has 1 saturated carbocycles. The molecule has 1 aromatic heterocycles. The Hall–Kier alpha value is -3.16. The number of hydrogen-bond donors (Lipinski definition) is 2. The summed E-state index contributed by atoms with van der Waals surface area (Å²) in [6.07, 6.45) is 4.56. The minimum Gasteiger partial charge on any atom is -0.362 e. The quantitative estimate of drug-likeness (QED) is 0.257. The maximum Gasteiger partial charge on any atom is 0.225 e. The SMILES string of the molecule is CN(C)c1nc(N[C@H]2CC[C@@H](CNCc3ccccc3Sc3ccccc3F)CC2)nc2ccccc12. The molecule has 0 unspecified atom stereocenters. The number of aromatic nitrogens is 2. The van der Waals surface area contributed by atoms with Crippen LogP contribution >= 0.6 is 11.8 Å². The first-order chi connectivity index (χ1) is 18.1. The van der Waals surface area contributed by atoms with Gasteiger partial charge < -0.3 is 15.5 Å². The zero-order valence-corrected chi connectivity index (χ0v) is 22.3. The fourth-order valence-electron chi connectivity index (χ4n) is 4.97.